The van der Waals surface area contributed by atoms with Crippen molar-refractivity contribution in [2.24, 2.45) is 0 Å². The van der Waals surface area contributed by atoms with Gasteiger partial charge >= 0.3 is 11.9 Å². The molecular formula is C52H92NO8P. The summed E-state index contributed by atoms with van der Waals surface area (Å²) in [6.07, 6.45) is 54.9. The molecule has 0 saturated heterocycles. The maximum atomic E-state index is 12.7. The van der Waals surface area contributed by atoms with Gasteiger partial charge in [-0.3, -0.25) is 14.2 Å². The number of carbonyl (C=O) groups excluding carboxylic acids is 2. The number of unbranched alkanes of at least 4 members (excludes halogenated alkanes) is 18. The van der Waals surface area contributed by atoms with Crippen LogP contribution in [0.15, 0.2) is 72.9 Å². The second-order valence-corrected chi connectivity index (χ2v) is 18.9. The van der Waals surface area contributed by atoms with Crippen LogP contribution in [-0.4, -0.2) is 70.0 Å². The van der Waals surface area contributed by atoms with Crippen LogP contribution in [-0.2, 0) is 32.7 Å². The first-order valence-electron chi connectivity index (χ1n) is 24.6. The van der Waals surface area contributed by atoms with Crippen LogP contribution in [0.3, 0.4) is 0 Å². The van der Waals surface area contributed by atoms with Gasteiger partial charge in [0.15, 0.2) is 6.10 Å². The molecule has 0 saturated carbocycles. The van der Waals surface area contributed by atoms with Crippen molar-refractivity contribution in [2.45, 2.75) is 200 Å². The molecule has 0 fully saturated rings. The number of ether oxygens (including phenoxy) is 2. The highest BCUT2D eigenvalue weighted by atomic mass is 31.2. The molecule has 0 aromatic heterocycles. The molecule has 0 aromatic carbocycles. The first kappa shape index (κ1) is 59.5. The van der Waals surface area contributed by atoms with Crippen molar-refractivity contribution < 1.29 is 42.1 Å². The Balaban J connectivity index is 4.36. The maximum absolute atomic E-state index is 12.7. The lowest BCUT2D eigenvalue weighted by atomic mass is 10.1. The summed E-state index contributed by atoms with van der Waals surface area (Å²) < 4.78 is 34.0. The number of carbonyl (C=O) groups is 2. The highest BCUT2D eigenvalue weighted by Gasteiger charge is 2.21. The van der Waals surface area contributed by atoms with Gasteiger partial charge in [-0.2, -0.15) is 0 Å². The Morgan fingerprint density at radius 3 is 1.29 bits per heavy atom. The molecule has 0 aromatic rings. The first-order chi connectivity index (χ1) is 30.0. The van der Waals surface area contributed by atoms with E-state index in [1.54, 1.807) is 0 Å². The number of nitrogens with zero attached hydrogens (tertiary/aromatic N) is 1. The summed E-state index contributed by atoms with van der Waals surface area (Å²) in [6, 6.07) is 0. The summed E-state index contributed by atoms with van der Waals surface area (Å²) in [5.74, 6) is -0.867. The largest absolute Gasteiger partial charge is 0.756 e. The van der Waals surface area contributed by atoms with Gasteiger partial charge in [0, 0.05) is 12.8 Å². The SMILES string of the molecule is CCCCC/C=C\C/C=C\C/C=C\CCCCCCCCC(=O)OCC(COP(=O)([O-])OCC[N+](C)(C)C)OC(=O)CCCCCCCC/C=C\C/C=C\C/C=C\CCCCC. The van der Waals surface area contributed by atoms with Gasteiger partial charge in [-0.15, -0.1) is 0 Å². The van der Waals surface area contributed by atoms with Crippen LogP contribution >= 0.6 is 7.82 Å². The van der Waals surface area contributed by atoms with Crippen molar-refractivity contribution in [3.05, 3.63) is 72.9 Å². The van der Waals surface area contributed by atoms with Gasteiger partial charge in [-0.25, -0.2) is 0 Å². The summed E-state index contributed by atoms with van der Waals surface area (Å²) in [4.78, 5) is 37.7. The molecule has 10 heteroatoms. The second kappa shape index (κ2) is 43.7. The minimum Gasteiger partial charge on any atom is -0.756 e. The molecule has 0 amide bonds. The Kier molecular flexibility index (Phi) is 41.9. The van der Waals surface area contributed by atoms with E-state index < -0.39 is 32.5 Å². The maximum Gasteiger partial charge on any atom is 0.306 e. The predicted octanol–water partition coefficient (Wildman–Crippen LogP) is 13.9. The third-order valence-corrected chi connectivity index (χ3v) is 11.2. The van der Waals surface area contributed by atoms with Gasteiger partial charge in [0.1, 0.15) is 19.8 Å². The predicted molar refractivity (Wildman–Crippen MR) is 259 cm³/mol. The Labute approximate surface area is 380 Å². The number of hydrogen-bond acceptors (Lipinski definition) is 8. The monoisotopic (exact) mass is 890 g/mol. The summed E-state index contributed by atoms with van der Waals surface area (Å²) >= 11 is 0. The lowest BCUT2D eigenvalue weighted by Gasteiger charge is -2.28. The second-order valence-electron chi connectivity index (χ2n) is 17.5. The van der Waals surface area contributed by atoms with Crippen LogP contribution in [0.1, 0.15) is 194 Å². The molecule has 9 nitrogen and oxygen atoms in total. The minimum atomic E-state index is -4.64. The summed E-state index contributed by atoms with van der Waals surface area (Å²) in [6.45, 7) is 4.14. The number of esters is 2. The van der Waals surface area contributed by atoms with E-state index >= 15 is 0 Å². The number of phosphoric acid groups is 1. The van der Waals surface area contributed by atoms with E-state index in [2.05, 4.69) is 86.8 Å². The van der Waals surface area contributed by atoms with Crippen molar-refractivity contribution in [2.75, 3.05) is 47.5 Å². The number of quaternary nitrogens is 1. The van der Waals surface area contributed by atoms with Crippen molar-refractivity contribution >= 4 is 19.8 Å². The van der Waals surface area contributed by atoms with Gasteiger partial charge in [0.2, 0.25) is 0 Å². The van der Waals surface area contributed by atoms with Gasteiger partial charge in [0.05, 0.1) is 27.7 Å². The molecule has 0 radical (unpaired) electrons. The molecule has 62 heavy (non-hydrogen) atoms. The molecule has 2 atom stereocenters. The fourth-order valence-corrected chi connectivity index (χ4v) is 7.04. The quantitative estimate of drug-likeness (QED) is 0.0195. The average Bonchev–Trinajstić information content (AvgIpc) is 3.23. The fraction of sp³-hybridized carbons (Fsp3) is 0.731. The molecule has 0 aliphatic rings. The third kappa shape index (κ3) is 46.9. The standard InChI is InChI=1S/C52H92NO8P/c1-6-8-10-12-14-16-18-20-22-24-26-28-30-32-34-36-38-40-42-44-51(54)58-48-50(49-60-62(56,57)59-47-46-53(3,4)5)61-52(55)45-43-41-39-37-35-33-31-29-27-25-23-21-19-17-15-13-11-9-7-2/h14-17,20-23,26-29,50H,6-13,18-19,24-25,30-49H2,1-5H3/b16-14-,17-15-,22-20-,23-21-,28-26-,29-27-. The lowest BCUT2D eigenvalue weighted by Crippen LogP contribution is -2.37. The fourth-order valence-electron chi connectivity index (χ4n) is 6.31. The van der Waals surface area contributed by atoms with Crippen LogP contribution in [0, 0.1) is 0 Å². The molecular weight excluding hydrogens is 798 g/mol. The first-order valence-corrected chi connectivity index (χ1v) is 26.1. The van der Waals surface area contributed by atoms with Crippen LogP contribution in [0.4, 0.5) is 0 Å². The molecule has 2 unspecified atom stereocenters. The number of likely N-dealkylation sites (N-methyl/N-ethyl adjacent to an activating group) is 1. The van der Waals surface area contributed by atoms with Crippen LogP contribution in [0.5, 0.6) is 0 Å². The zero-order valence-corrected chi connectivity index (χ0v) is 41.2. The summed E-state index contributed by atoms with van der Waals surface area (Å²) in [5.41, 5.74) is 0. The minimum absolute atomic E-state index is 0.0395. The van der Waals surface area contributed by atoms with Gasteiger partial charge in [-0.05, 0) is 89.9 Å². The van der Waals surface area contributed by atoms with Gasteiger partial charge in [-0.1, -0.05) is 164 Å². The summed E-state index contributed by atoms with van der Waals surface area (Å²) in [5, 5.41) is 0. The van der Waals surface area contributed by atoms with Gasteiger partial charge in [0.25, 0.3) is 7.82 Å². The van der Waals surface area contributed by atoms with E-state index in [0.29, 0.717) is 23.9 Å². The molecule has 0 bridgehead atoms. The Hall–Kier alpha value is -2.55. The average molecular weight is 890 g/mol. The van der Waals surface area contributed by atoms with E-state index in [-0.39, 0.29) is 26.1 Å². The van der Waals surface area contributed by atoms with Crippen molar-refractivity contribution in [1.82, 2.24) is 0 Å². The van der Waals surface area contributed by atoms with Crippen LogP contribution < -0.4 is 4.89 Å². The molecule has 358 valence electrons. The molecule has 0 rings (SSSR count). The van der Waals surface area contributed by atoms with E-state index in [4.69, 9.17) is 18.5 Å². The van der Waals surface area contributed by atoms with E-state index in [1.807, 2.05) is 21.1 Å². The third-order valence-electron chi connectivity index (χ3n) is 10.2. The number of allylic oxidation sites excluding steroid dienone is 12. The number of hydrogen-bond donors (Lipinski definition) is 0. The van der Waals surface area contributed by atoms with Crippen molar-refractivity contribution in [1.29, 1.82) is 0 Å². The van der Waals surface area contributed by atoms with Gasteiger partial charge < -0.3 is 27.9 Å². The summed E-state index contributed by atoms with van der Waals surface area (Å²) in [7, 11) is 1.14. The van der Waals surface area contributed by atoms with Crippen molar-refractivity contribution in [3.8, 4) is 0 Å². The zero-order chi connectivity index (χ0) is 45.7. The highest BCUT2D eigenvalue weighted by molar-refractivity contribution is 7.45. The molecule has 0 N–H and O–H groups in total. The van der Waals surface area contributed by atoms with Crippen LogP contribution in [0.2, 0.25) is 0 Å². The van der Waals surface area contributed by atoms with Crippen LogP contribution in [0.25, 0.3) is 0 Å². The topological polar surface area (TPSA) is 111 Å². The number of phosphoric ester groups is 1. The van der Waals surface area contributed by atoms with E-state index in [0.717, 1.165) is 103 Å². The van der Waals surface area contributed by atoms with E-state index in [9.17, 15) is 19.0 Å². The normalized spacial score (nSPS) is 14.1. The highest BCUT2D eigenvalue weighted by Crippen LogP contribution is 2.38. The Morgan fingerprint density at radius 2 is 0.871 bits per heavy atom. The molecule has 0 aliphatic carbocycles. The lowest BCUT2D eigenvalue weighted by molar-refractivity contribution is -0.870. The smallest absolute Gasteiger partial charge is 0.306 e. The Morgan fingerprint density at radius 1 is 0.500 bits per heavy atom. The number of rotatable bonds is 44. The molecule has 0 aliphatic heterocycles. The zero-order valence-electron chi connectivity index (χ0n) is 40.3. The Bertz CT molecular complexity index is 1280. The molecule has 0 spiro atoms. The van der Waals surface area contributed by atoms with E-state index in [1.165, 1.54) is 51.4 Å². The van der Waals surface area contributed by atoms with Crippen molar-refractivity contribution in [3.63, 3.8) is 0 Å². The molecule has 0 heterocycles.